The third-order valence-electron chi connectivity index (χ3n) is 3.35. The Balaban J connectivity index is 1.61. The highest BCUT2D eigenvalue weighted by molar-refractivity contribution is 6.29. The highest BCUT2D eigenvalue weighted by atomic mass is 35.5. The van der Waals surface area contributed by atoms with E-state index in [-0.39, 0.29) is 17.7 Å². The summed E-state index contributed by atoms with van der Waals surface area (Å²) >= 11 is 5.68. The zero-order valence-corrected chi connectivity index (χ0v) is 12.4. The summed E-state index contributed by atoms with van der Waals surface area (Å²) in [6.45, 7) is 0. The van der Waals surface area contributed by atoms with Gasteiger partial charge in [0.25, 0.3) is 5.91 Å². The van der Waals surface area contributed by atoms with E-state index >= 15 is 0 Å². The van der Waals surface area contributed by atoms with Gasteiger partial charge in [-0.15, -0.1) is 0 Å². The van der Waals surface area contributed by atoms with Crippen LogP contribution in [0.3, 0.4) is 0 Å². The van der Waals surface area contributed by atoms with Crippen LogP contribution in [0, 0.1) is 5.92 Å². The quantitative estimate of drug-likeness (QED) is 0.850. The number of hydrogen-bond donors (Lipinski definition) is 2. The van der Waals surface area contributed by atoms with Crippen LogP contribution >= 0.6 is 11.6 Å². The van der Waals surface area contributed by atoms with Gasteiger partial charge in [0.15, 0.2) is 0 Å². The first-order chi connectivity index (χ1) is 10.6. The summed E-state index contributed by atoms with van der Waals surface area (Å²) in [6, 6.07) is 10.2. The molecule has 1 heterocycles. The van der Waals surface area contributed by atoms with Gasteiger partial charge in [-0.3, -0.25) is 9.59 Å². The molecule has 6 heteroatoms. The Morgan fingerprint density at radius 2 is 1.64 bits per heavy atom. The first kappa shape index (κ1) is 14.5. The minimum atomic E-state index is -0.265. The molecule has 0 aliphatic heterocycles. The molecular weight excluding hydrogens is 302 g/mol. The second-order valence-electron chi connectivity index (χ2n) is 5.16. The highest BCUT2D eigenvalue weighted by Crippen LogP contribution is 2.30. The summed E-state index contributed by atoms with van der Waals surface area (Å²) in [5.41, 5.74) is 1.79. The second-order valence-corrected chi connectivity index (χ2v) is 5.55. The van der Waals surface area contributed by atoms with Gasteiger partial charge in [-0.1, -0.05) is 11.6 Å². The van der Waals surface area contributed by atoms with Gasteiger partial charge in [-0.25, -0.2) is 4.98 Å². The smallest absolute Gasteiger partial charge is 0.257 e. The molecule has 2 aromatic rings. The van der Waals surface area contributed by atoms with E-state index in [1.165, 1.54) is 6.20 Å². The number of nitrogens with one attached hydrogen (secondary N) is 2. The maximum atomic E-state index is 12.0. The number of carbonyl (C=O) groups is 2. The van der Waals surface area contributed by atoms with Gasteiger partial charge < -0.3 is 10.6 Å². The molecule has 2 amide bonds. The summed E-state index contributed by atoms with van der Waals surface area (Å²) in [7, 11) is 0. The molecule has 1 fully saturated rings. The molecule has 0 bridgehead atoms. The van der Waals surface area contributed by atoms with Crippen LogP contribution in [0.2, 0.25) is 5.15 Å². The molecule has 1 aliphatic carbocycles. The highest BCUT2D eigenvalue weighted by Gasteiger charge is 2.29. The fraction of sp³-hybridized carbons (Fsp3) is 0.188. The standard InChI is InChI=1S/C16H14ClN3O2/c17-14-8-3-11(9-18-14)16(22)20-13-6-4-12(5-7-13)19-15(21)10-1-2-10/h3-10H,1-2H2,(H,19,21)(H,20,22). The fourth-order valence-electron chi connectivity index (χ4n) is 1.94. The van der Waals surface area contributed by atoms with Crippen LogP contribution in [0.15, 0.2) is 42.6 Å². The molecule has 3 rings (SSSR count). The first-order valence-electron chi connectivity index (χ1n) is 6.95. The maximum Gasteiger partial charge on any atom is 0.257 e. The number of carbonyl (C=O) groups excluding carboxylic acids is 2. The Morgan fingerprint density at radius 3 is 2.18 bits per heavy atom. The van der Waals surface area contributed by atoms with Crippen molar-refractivity contribution in [2.24, 2.45) is 5.92 Å². The molecule has 0 atom stereocenters. The zero-order chi connectivity index (χ0) is 15.5. The van der Waals surface area contributed by atoms with Gasteiger partial charge in [0.1, 0.15) is 5.15 Å². The predicted molar refractivity (Wildman–Crippen MR) is 85.0 cm³/mol. The van der Waals surface area contributed by atoms with Crippen molar-refractivity contribution in [3.63, 3.8) is 0 Å². The summed E-state index contributed by atoms with van der Waals surface area (Å²) in [4.78, 5) is 27.5. The summed E-state index contributed by atoms with van der Waals surface area (Å²) in [6.07, 6.45) is 3.35. The number of aromatic nitrogens is 1. The number of pyridine rings is 1. The van der Waals surface area contributed by atoms with E-state index in [0.29, 0.717) is 16.4 Å². The van der Waals surface area contributed by atoms with Gasteiger partial charge in [-0.2, -0.15) is 0 Å². The van der Waals surface area contributed by atoms with Crippen LogP contribution in [0.5, 0.6) is 0 Å². The van der Waals surface area contributed by atoms with Crippen LogP contribution < -0.4 is 10.6 Å². The van der Waals surface area contributed by atoms with Crippen molar-refractivity contribution in [1.82, 2.24) is 4.98 Å². The topological polar surface area (TPSA) is 71.1 Å². The molecule has 22 heavy (non-hydrogen) atoms. The number of rotatable bonds is 4. The van der Waals surface area contributed by atoms with Crippen LogP contribution in [-0.2, 0) is 4.79 Å². The number of amides is 2. The van der Waals surface area contributed by atoms with Crippen molar-refractivity contribution in [2.75, 3.05) is 10.6 Å². The largest absolute Gasteiger partial charge is 0.326 e. The minimum absolute atomic E-state index is 0.0593. The van der Waals surface area contributed by atoms with Crippen molar-refractivity contribution < 1.29 is 9.59 Å². The monoisotopic (exact) mass is 315 g/mol. The van der Waals surface area contributed by atoms with E-state index in [4.69, 9.17) is 11.6 Å². The lowest BCUT2D eigenvalue weighted by atomic mass is 10.2. The second kappa shape index (κ2) is 6.15. The Morgan fingerprint density at radius 1 is 1.00 bits per heavy atom. The molecule has 1 aliphatic rings. The number of hydrogen-bond acceptors (Lipinski definition) is 3. The third-order valence-corrected chi connectivity index (χ3v) is 3.57. The molecule has 5 nitrogen and oxygen atoms in total. The van der Waals surface area contributed by atoms with Gasteiger partial charge in [0, 0.05) is 23.5 Å². The minimum Gasteiger partial charge on any atom is -0.326 e. The molecule has 2 N–H and O–H groups in total. The molecule has 0 spiro atoms. The third kappa shape index (κ3) is 3.62. The number of nitrogens with zero attached hydrogens (tertiary/aromatic N) is 1. The Hall–Kier alpha value is -2.40. The summed E-state index contributed by atoms with van der Waals surface area (Å²) in [5.74, 6) is -0.0419. The molecule has 0 saturated heterocycles. The molecule has 0 unspecified atom stereocenters. The van der Waals surface area contributed by atoms with Crippen LogP contribution in [0.1, 0.15) is 23.2 Å². The number of benzene rings is 1. The molecule has 112 valence electrons. The average molecular weight is 316 g/mol. The van der Waals surface area contributed by atoms with Gasteiger partial charge in [0.2, 0.25) is 5.91 Å². The van der Waals surface area contributed by atoms with E-state index in [0.717, 1.165) is 18.5 Å². The van der Waals surface area contributed by atoms with E-state index in [1.54, 1.807) is 36.4 Å². The fourth-order valence-corrected chi connectivity index (χ4v) is 2.05. The van der Waals surface area contributed by atoms with Gasteiger partial charge in [0.05, 0.1) is 5.56 Å². The first-order valence-corrected chi connectivity index (χ1v) is 7.33. The van der Waals surface area contributed by atoms with Gasteiger partial charge >= 0.3 is 0 Å². The van der Waals surface area contributed by atoms with E-state index in [2.05, 4.69) is 15.6 Å². The Labute approximate surface area is 132 Å². The lowest BCUT2D eigenvalue weighted by Crippen LogP contribution is -2.14. The van der Waals surface area contributed by atoms with Crippen LogP contribution in [0.4, 0.5) is 11.4 Å². The van der Waals surface area contributed by atoms with Crippen molar-refractivity contribution in [3.05, 3.63) is 53.3 Å². The average Bonchev–Trinajstić information content (AvgIpc) is 3.34. The number of anilines is 2. The molecular formula is C16H14ClN3O2. The molecule has 1 aromatic carbocycles. The van der Waals surface area contributed by atoms with E-state index in [9.17, 15) is 9.59 Å². The Bertz CT molecular complexity index is 694. The lowest BCUT2D eigenvalue weighted by molar-refractivity contribution is -0.117. The SMILES string of the molecule is O=C(Nc1ccc(NC(=O)C2CC2)cc1)c1ccc(Cl)nc1. The Kier molecular flexibility index (Phi) is 4.06. The van der Waals surface area contributed by atoms with Crippen molar-refractivity contribution in [3.8, 4) is 0 Å². The molecule has 1 saturated carbocycles. The zero-order valence-electron chi connectivity index (χ0n) is 11.7. The van der Waals surface area contributed by atoms with Crippen LogP contribution in [0.25, 0.3) is 0 Å². The molecule has 0 radical (unpaired) electrons. The summed E-state index contributed by atoms with van der Waals surface area (Å²) in [5, 5.41) is 5.94. The van der Waals surface area contributed by atoms with Crippen molar-refractivity contribution in [2.45, 2.75) is 12.8 Å². The number of halogens is 1. The van der Waals surface area contributed by atoms with Gasteiger partial charge in [-0.05, 0) is 49.2 Å². The predicted octanol–water partition coefficient (Wildman–Crippen LogP) is 3.34. The molecule has 1 aromatic heterocycles. The van der Waals surface area contributed by atoms with Crippen molar-refractivity contribution >= 4 is 34.8 Å². The van der Waals surface area contributed by atoms with E-state index < -0.39 is 0 Å². The summed E-state index contributed by atoms with van der Waals surface area (Å²) < 4.78 is 0. The maximum absolute atomic E-state index is 12.0. The van der Waals surface area contributed by atoms with E-state index in [1.807, 2.05) is 0 Å². The van der Waals surface area contributed by atoms with Crippen molar-refractivity contribution in [1.29, 1.82) is 0 Å². The van der Waals surface area contributed by atoms with Crippen LogP contribution in [-0.4, -0.2) is 16.8 Å². The lowest BCUT2D eigenvalue weighted by Gasteiger charge is -2.07. The normalized spacial score (nSPS) is 13.5.